The predicted octanol–water partition coefficient (Wildman–Crippen LogP) is 2.16. The van der Waals surface area contributed by atoms with Gasteiger partial charge in [0.2, 0.25) is 0 Å². The van der Waals surface area contributed by atoms with Crippen molar-refractivity contribution in [3.63, 3.8) is 0 Å². The van der Waals surface area contributed by atoms with E-state index in [4.69, 9.17) is 14.5 Å². The normalized spacial score (nSPS) is 15.3. The van der Waals surface area contributed by atoms with Crippen molar-refractivity contribution in [3.8, 4) is 11.5 Å². The zero-order valence-electron chi connectivity index (χ0n) is 17.8. The van der Waals surface area contributed by atoms with Crippen LogP contribution in [-0.2, 0) is 13.6 Å². The van der Waals surface area contributed by atoms with E-state index in [0.717, 1.165) is 61.2 Å². The molecule has 158 valence electrons. The van der Waals surface area contributed by atoms with Gasteiger partial charge in [0, 0.05) is 68.4 Å². The van der Waals surface area contributed by atoms with Crippen molar-refractivity contribution in [1.29, 1.82) is 0 Å². The molecule has 1 aromatic heterocycles. The molecule has 8 heteroatoms. The summed E-state index contributed by atoms with van der Waals surface area (Å²) in [4.78, 5) is 7.09. The van der Waals surface area contributed by atoms with E-state index in [2.05, 4.69) is 39.7 Å². The van der Waals surface area contributed by atoms with Crippen LogP contribution in [-0.4, -0.2) is 55.6 Å². The average molecular weight is 401 g/mol. The smallest absolute Gasteiger partial charge is 0.191 e. The number of ether oxygens (including phenoxy) is 2. The van der Waals surface area contributed by atoms with Crippen LogP contribution >= 0.6 is 0 Å². The highest BCUT2D eigenvalue weighted by Gasteiger charge is 2.21. The molecular formula is C21H32N6O2. The van der Waals surface area contributed by atoms with Gasteiger partial charge >= 0.3 is 0 Å². The SMILES string of the molecule is CCNC(=NCc1cnn(C)c1)NC1CCN(c2cc(OC)cc(OC)c2)CC1. The number of hydrogen-bond donors (Lipinski definition) is 2. The van der Waals surface area contributed by atoms with Gasteiger partial charge in [-0.3, -0.25) is 4.68 Å². The number of aryl methyl sites for hydroxylation is 1. The number of hydrogen-bond acceptors (Lipinski definition) is 5. The Bertz CT molecular complexity index is 789. The summed E-state index contributed by atoms with van der Waals surface area (Å²) in [6, 6.07) is 6.43. The molecule has 3 rings (SSSR count). The van der Waals surface area contributed by atoms with Crippen LogP contribution in [0, 0.1) is 0 Å². The zero-order chi connectivity index (χ0) is 20.6. The molecule has 1 saturated heterocycles. The molecule has 0 unspecified atom stereocenters. The van der Waals surface area contributed by atoms with Crippen molar-refractivity contribution in [2.75, 3.05) is 38.8 Å². The van der Waals surface area contributed by atoms with E-state index in [0.29, 0.717) is 12.6 Å². The second-order valence-electron chi connectivity index (χ2n) is 7.19. The summed E-state index contributed by atoms with van der Waals surface area (Å²) in [5.41, 5.74) is 2.24. The first kappa shape index (κ1) is 20.8. The Morgan fingerprint density at radius 1 is 1.17 bits per heavy atom. The Labute approximate surface area is 172 Å². The molecule has 29 heavy (non-hydrogen) atoms. The fraction of sp³-hybridized carbons (Fsp3) is 0.524. The third-order valence-corrected chi connectivity index (χ3v) is 5.06. The molecule has 1 aliphatic heterocycles. The van der Waals surface area contributed by atoms with Crippen molar-refractivity contribution >= 4 is 11.6 Å². The van der Waals surface area contributed by atoms with Gasteiger partial charge in [0.05, 0.1) is 27.0 Å². The summed E-state index contributed by atoms with van der Waals surface area (Å²) < 4.78 is 12.6. The molecule has 0 bridgehead atoms. The van der Waals surface area contributed by atoms with E-state index in [1.165, 1.54) is 0 Å². The fourth-order valence-electron chi connectivity index (χ4n) is 3.49. The Morgan fingerprint density at radius 3 is 2.41 bits per heavy atom. The number of nitrogens with one attached hydrogen (secondary N) is 2. The molecule has 0 radical (unpaired) electrons. The van der Waals surface area contributed by atoms with Crippen LogP contribution in [0.1, 0.15) is 25.3 Å². The second kappa shape index (κ2) is 10.0. The van der Waals surface area contributed by atoms with E-state index in [1.54, 1.807) is 18.9 Å². The van der Waals surface area contributed by atoms with Crippen LogP contribution in [0.4, 0.5) is 5.69 Å². The lowest BCUT2D eigenvalue weighted by Gasteiger charge is -2.34. The van der Waals surface area contributed by atoms with Crippen LogP contribution in [0.3, 0.4) is 0 Å². The molecule has 2 aromatic rings. The number of methoxy groups -OCH3 is 2. The summed E-state index contributed by atoms with van der Waals surface area (Å²) in [5, 5.41) is 11.1. The first-order valence-electron chi connectivity index (χ1n) is 10.1. The molecule has 0 atom stereocenters. The van der Waals surface area contributed by atoms with Gasteiger partial charge in [-0.15, -0.1) is 0 Å². The van der Waals surface area contributed by atoms with E-state index < -0.39 is 0 Å². The second-order valence-corrected chi connectivity index (χ2v) is 7.19. The highest BCUT2D eigenvalue weighted by Crippen LogP contribution is 2.30. The number of piperidine rings is 1. The monoisotopic (exact) mass is 400 g/mol. The standard InChI is InChI=1S/C21H32N6O2/c1-5-22-21(23-13-16-14-24-26(2)15-16)25-17-6-8-27(9-7-17)18-10-19(28-3)12-20(11-18)29-4/h10-12,14-15,17H,5-9,13H2,1-4H3,(H2,22,23,25). The first-order chi connectivity index (χ1) is 14.1. The third kappa shape index (κ3) is 5.79. The number of aromatic nitrogens is 2. The lowest BCUT2D eigenvalue weighted by molar-refractivity contribution is 0.393. The van der Waals surface area contributed by atoms with Gasteiger partial charge in [-0.05, 0) is 19.8 Å². The van der Waals surface area contributed by atoms with Crippen molar-refractivity contribution < 1.29 is 9.47 Å². The number of guanidine groups is 1. The Kier molecular flexibility index (Phi) is 7.21. The molecule has 1 fully saturated rings. The molecule has 1 aliphatic rings. The Morgan fingerprint density at radius 2 is 1.86 bits per heavy atom. The lowest BCUT2D eigenvalue weighted by Crippen LogP contribution is -2.48. The van der Waals surface area contributed by atoms with Gasteiger partial charge in [0.15, 0.2) is 5.96 Å². The number of nitrogens with zero attached hydrogens (tertiary/aromatic N) is 4. The number of benzene rings is 1. The maximum atomic E-state index is 5.40. The molecule has 0 aliphatic carbocycles. The third-order valence-electron chi connectivity index (χ3n) is 5.06. The lowest BCUT2D eigenvalue weighted by atomic mass is 10.0. The van der Waals surface area contributed by atoms with Crippen LogP contribution < -0.4 is 25.0 Å². The Balaban J connectivity index is 1.57. The molecule has 2 N–H and O–H groups in total. The van der Waals surface area contributed by atoms with Crippen LogP contribution in [0.15, 0.2) is 35.6 Å². The molecule has 8 nitrogen and oxygen atoms in total. The highest BCUT2D eigenvalue weighted by atomic mass is 16.5. The fourth-order valence-corrected chi connectivity index (χ4v) is 3.49. The highest BCUT2D eigenvalue weighted by molar-refractivity contribution is 5.80. The molecule has 0 amide bonds. The van der Waals surface area contributed by atoms with Crippen LogP contribution in [0.25, 0.3) is 0 Å². The number of aliphatic imine (C=N–C) groups is 1. The maximum absolute atomic E-state index is 5.40. The van der Waals surface area contributed by atoms with E-state index >= 15 is 0 Å². The van der Waals surface area contributed by atoms with E-state index in [-0.39, 0.29) is 0 Å². The minimum Gasteiger partial charge on any atom is -0.497 e. The largest absolute Gasteiger partial charge is 0.497 e. The number of rotatable bonds is 7. The van der Waals surface area contributed by atoms with Gasteiger partial charge in [-0.2, -0.15) is 5.10 Å². The van der Waals surface area contributed by atoms with Gasteiger partial charge in [-0.1, -0.05) is 0 Å². The minimum absolute atomic E-state index is 0.394. The number of anilines is 1. The van der Waals surface area contributed by atoms with Crippen molar-refractivity contribution in [3.05, 3.63) is 36.2 Å². The van der Waals surface area contributed by atoms with Crippen LogP contribution in [0.2, 0.25) is 0 Å². The van der Waals surface area contributed by atoms with Crippen LogP contribution in [0.5, 0.6) is 11.5 Å². The van der Waals surface area contributed by atoms with Crippen molar-refractivity contribution in [2.24, 2.45) is 12.0 Å². The average Bonchev–Trinajstić information content (AvgIpc) is 3.17. The maximum Gasteiger partial charge on any atom is 0.191 e. The van der Waals surface area contributed by atoms with Gasteiger partial charge in [0.1, 0.15) is 11.5 Å². The van der Waals surface area contributed by atoms with Gasteiger partial charge in [-0.25, -0.2) is 4.99 Å². The summed E-state index contributed by atoms with van der Waals surface area (Å²) in [6.45, 7) is 5.47. The summed E-state index contributed by atoms with van der Waals surface area (Å²) in [5.74, 6) is 2.49. The molecule has 2 heterocycles. The summed E-state index contributed by atoms with van der Waals surface area (Å²) in [7, 11) is 5.28. The predicted molar refractivity (Wildman–Crippen MR) is 116 cm³/mol. The van der Waals surface area contributed by atoms with Crippen molar-refractivity contribution in [1.82, 2.24) is 20.4 Å². The quantitative estimate of drug-likeness (QED) is 0.548. The molecule has 1 aromatic carbocycles. The topological polar surface area (TPSA) is 75.9 Å². The minimum atomic E-state index is 0.394. The van der Waals surface area contributed by atoms with E-state index in [9.17, 15) is 0 Å². The summed E-state index contributed by atoms with van der Waals surface area (Å²) >= 11 is 0. The summed E-state index contributed by atoms with van der Waals surface area (Å²) in [6.07, 6.45) is 5.93. The molecule has 0 spiro atoms. The molecular weight excluding hydrogens is 368 g/mol. The molecule has 0 saturated carbocycles. The first-order valence-corrected chi connectivity index (χ1v) is 10.1. The zero-order valence-corrected chi connectivity index (χ0v) is 17.8. The van der Waals surface area contributed by atoms with Crippen molar-refractivity contribution in [2.45, 2.75) is 32.4 Å². The van der Waals surface area contributed by atoms with Gasteiger partial charge in [0.25, 0.3) is 0 Å². The van der Waals surface area contributed by atoms with E-state index in [1.807, 2.05) is 25.5 Å². The Hall–Kier alpha value is -2.90. The van der Waals surface area contributed by atoms with Gasteiger partial charge < -0.3 is 25.0 Å².